The van der Waals surface area contributed by atoms with E-state index in [-0.39, 0.29) is 19.9 Å². The molecule has 7 heteroatoms. The molecule has 0 aliphatic carbocycles. The fraction of sp³-hybridized carbons (Fsp3) is 0.222. The van der Waals surface area contributed by atoms with Crippen molar-refractivity contribution in [2.45, 2.75) is 6.54 Å². The van der Waals surface area contributed by atoms with Gasteiger partial charge in [-0.2, -0.15) is 0 Å². The maximum atomic E-state index is 12.0. The molecule has 1 amide bonds. The van der Waals surface area contributed by atoms with Gasteiger partial charge < -0.3 is 24.3 Å². The highest BCUT2D eigenvalue weighted by Crippen LogP contribution is 2.32. The van der Waals surface area contributed by atoms with Gasteiger partial charge in [0, 0.05) is 12.1 Å². The van der Waals surface area contributed by atoms with Crippen molar-refractivity contribution in [2.75, 3.05) is 20.5 Å². The Morgan fingerprint density at radius 1 is 1.12 bits per heavy atom. The van der Waals surface area contributed by atoms with E-state index in [1.807, 2.05) is 18.2 Å². The van der Waals surface area contributed by atoms with Gasteiger partial charge in [-0.25, -0.2) is 4.79 Å². The average Bonchev–Trinajstić information content (AvgIpc) is 3.12. The molecule has 2 aromatic carbocycles. The molecule has 0 atom stereocenters. The number of carbonyl (C=O) groups excluding carboxylic acids is 2. The van der Waals surface area contributed by atoms with Crippen LogP contribution in [-0.4, -0.2) is 32.4 Å². The van der Waals surface area contributed by atoms with Gasteiger partial charge in [0.1, 0.15) is 5.75 Å². The summed E-state index contributed by atoms with van der Waals surface area (Å²) in [4.78, 5) is 23.9. The summed E-state index contributed by atoms with van der Waals surface area (Å²) in [5.74, 6) is 0.729. The number of para-hydroxylation sites is 1. The van der Waals surface area contributed by atoms with Crippen LogP contribution in [-0.2, 0) is 16.1 Å². The molecule has 25 heavy (non-hydrogen) atoms. The van der Waals surface area contributed by atoms with Crippen LogP contribution in [0.15, 0.2) is 42.5 Å². The first-order valence-corrected chi connectivity index (χ1v) is 7.63. The molecule has 0 spiro atoms. The minimum absolute atomic E-state index is 0.124. The summed E-state index contributed by atoms with van der Waals surface area (Å²) in [5.41, 5.74) is 1.13. The summed E-state index contributed by atoms with van der Waals surface area (Å²) < 4.78 is 20.6. The van der Waals surface area contributed by atoms with Crippen LogP contribution in [0.3, 0.4) is 0 Å². The van der Waals surface area contributed by atoms with Gasteiger partial charge in [0.15, 0.2) is 18.1 Å². The van der Waals surface area contributed by atoms with Crippen LogP contribution in [0.25, 0.3) is 0 Å². The number of hydrogen-bond acceptors (Lipinski definition) is 6. The van der Waals surface area contributed by atoms with Gasteiger partial charge in [0.2, 0.25) is 6.79 Å². The molecule has 1 aliphatic rings. The summed E-state index contributed by atoms with van der Waals surface area (Å²) in [6.07, 6.45) is 0. The molecule has 0 saturated heterocycles. The van der Waals surface area contributed by atoms with Crippen LogP contribution in [0, 0.1) is 0 Å². The molecule has 3 rings (SSSR count). The topological polar surface area (TPSA) is 83.1 Å². The molecule has 1 heterocycles. The lowest BCUT2D eigenvalue weighted by atomic mass is 10.2. The molecule has 1 N–H and O–H groups in total. The van der Waals surface area contributed by atoms with Gasteiger partial charge in [-0.15, -0.1) is 0 Å². The van der Waals surface area contributed by atoms with Crippen molar-refractivity contribution in [3.05, 3.63) is 53.6 Å². The molecule has 7 nitrogen and oxygen atoms in total. The lowest BCUT2D eigenvalue weighted by Gasteiger charge is -2.10. The standard InChI is InChI=1S/C18H17NO6/c1-22-14-5-3-2-4-13(14)9-19-17(20)10-23-18(21)12-6-7-15-16(8-12)25-11-24-15/h2-8H,9-11H2,1H3,(H,19,20). The highest BCUT2D eigenvalue weighted by Gasteiger charge is 2.17. The zero-order valence-corrected chi connectivity index (χ0v) is 13.6. The number of hydrogen-bond donors (Lipinski definition) is 1. The fourth-order valence-electron chi connectivity index (χ4n) is 2.33. The van der Waals surface area contributed by atoms with Gasteiger partial charge in [0.25, 0.3) is 5.91 Å². The maximum Gasteiger partial charge on any atom is 0.338 e. The lowest BCUT2D eigenvalue weighted by Crippen LogP contribution is -2.28. The predicted molar refractivity (Wildman–Crippen MR) is 87.7 cm³/mol. The van der Waals surface area contributed by atoms with E-state index in [0.29, 0.717) is 22.8 Å². The SMILES string of the molecule is COc1ccccc1CNC(=O)COC(=O)c1ccc2c(c1)OCO2. The Kier molecular flexibility index (Phi) is 5.03. The van der Waals surface area contributed by atoms with E-state index < -0.39 is 11.9 Å². The van der Waals surface area contributed by atoms with Gasteiger partial charge in [0.05, 0.1) is 12.7 Å². The van der Waals surface area contributed by atoms with Crippen molar-refractivity contribution >= 4 is 11.9 Å². The number of ether oxygens (including phenoxy) is 4. The molecule has 0 bridgehead atoms. The Morgan fingerprint density at radius 2 is 1.92 bits per heavy atom. The second-order valence-electron chi connectivity index (χ2n) is 5.23. The summed E-state index contributed by atoms with van der Waals surface area (Å²) in [5, 5.41) is 2.68. The molecular weight excluding hydrogens is 326 g/mol. The van der Waals surface area contributed by atoms with Crippen LogP contribution in [0.5, 0.6) is 17.2 Å². The van der Waals surface area contributed by atoms with E-state index in [4.69, 9.17) is 18.9 Å². The van der Waals surface area contributed by atoms with Crippen LogP contribution in [0.2, 0.25) is 0 Å². The zero-order valence-electron chi connectivity index (χ0n) is 13.6. The number of rotatable bonds is 6. The van der Waals surface area contributed by atoms with Crippen molar-refractivity contribution < 1.29 is 28.5 Å². The first-order chi connectivity index (χ1) is 12.2. The normalized spacial score (nSPS) is 11.7. The largest absolute Gasteiger partial charge is 0.496 e. The van der Waals surface area contributed by atoms with Crippen molar-refractivity contribution in [3.8, 4) is 17.2 Å². The zero-order chi connectivity index (χ0) is 17.6. The Bertz CT molecular complexity index is 789. The second-order valence-corrected chi connectivity index (χ2v) is 5.23. The monoisotopic (exact) mass is 343 g/mol. The van der Waals surface area contributed by atoms with E-state index >= 15 is 0 Å². The maximum absolute atomic E-state index is 12.0. The molecule has 0 aromatic heterocycles. The number of esters is 1. The van der Waals surface area contributed by atoms with Gasteiger partial charge >= 0.3 is 5.97 Å². The molecule has 2 aromatic rings. The lowest BCUT2D eigenvalue weighted by molar-refractivity contribution is -0.124. The number of fused-ring (bicyclic) bond motifs is 1. The molecular formula is C18H17NO6. The van der Waals surface area contributed by atoms with Crippen LogP contribution < -0.4 is 19.5 Å². The van der Waals surface area contributed by atoms with E-state index in [0.717, 1.165) is 5.56 Å². The summed E-state index contributed by atoms with van der Waals surface area (Å²) >= 11 is 0. The number of methoxy groups -OCH3 is 1. The third-order valence-corrected chi connectivity index (χ3v) is 3.61. The van der Waals surface area contributed by atoms with Crippen LogP contribution in [0.1, 0.15) is 15.9 Å². The van der Waals surface area contributed by atoms with E-state index in [9.17, 15) is 9.59 Å². The molecule has 0 radical (unpaired) electrons. The van der Waals surface area contributed by atoms with Crippen molar-refractivity contribution in [3.63, 3.8) is 0 Å². The van der Waals surface area contributed by atoms with E-state index in [1.165, 1.54) is 6.07 Å². The second kappa shape index (κ2) is 7.57. The first kappa shape index (κ1) is 16.6. The van der Waals surface area contributed by atoms with E-state index in [2.05, 4.69) is 5.32 Å². The number of amides is 1. The smallest absolute Gasteiger partial charge is 0.338 e. The molecule has 0 unspecified atom stereocenters. The van der Waals surface area contributed by atoms with Crippen molar-refractivity contribution in [1.82, 2.24) is 5.32 Å². The number of nitrogens with one attached hydrogen (secondary N) is 1. The van der Waals surface area contributed by atoms with Crippen molar-refractivity contribution in [1.29, 1.82) is 0 Å². The first-order valence-electron chi connectivity index (χ1n) is 7.63. The van der Waals surface area contributed by atoms with Gasteiger partial charge in [-0.05, 0) is 24.3 Å². The van der Waals surface area contributed by atoms with E-state index in [1.54, 1.807) is 25.3 Å². The van der Waals surface area contributed by atoms with Crippen LogP contribution in [0.4, 0.5) is 0 Å². The number of carbonyl (C=O) groups is 2. The minimum Gasteiger partial charge on any atom is -0.496 e. The number of benzene rings is 2. The minimum atomic E-state index is -0.606. The fourth-order valence-corrected chi connectivity index (χ4v) is 2.33. The molecule has 1 aliphatic heterocycles. The highest BCUT2D eigenvalue weighted by atomic mass is 16.7. The molecule has 0 fully saturated rings. The summed E-state index contributed by atoms with van der Waals surface area (Å²) in [7, 11) is 1.56. The molecule has 0 saturated carbocycles. The van der Waals surface area contributed by atoms with Crippen molar-refractivity contribution in [2.24, 2.45) is 0 Å². The Balaban J connectivity index is 1.49. The van der Waals surface area contributed by atoms with Gasteiger partial charge in [-0.3, -0.25) is 4.79 Å². The summed E-state index contributed by atoms with van der Waals surface area (Å²) in [6.45, 7) is 0.0338. The Hall–Kier alpha value is -3.22. The molecule has 130 valence electrons. The Labute approximate surface area is 144 Å². The quantitative estimate of drug-likeness (QED) is 0.807. The average molecular weight is 343 g/mol. The Morgan fingerprint density at radius 3 is 2.76 bits per heavy atom. The predicted octanol–water partition coefficient (Wildman–Crippen LogP) is 1.90. The third kappa shape index (κ3) is 4.00. The van der Waals surface area contributed by atoms with Gasteiger partial charge in [-0.1, -0.05) is 18.2 Å². The third-order valence-electron chi connectivity index (χ3n) is 3.61. The highest BCUT2D eigenvalue weighted by molar-refractivity contribution is 5.92. The van der Waals surface area contributed by atoms with Crippen LogP contribution >= 0.6 is 0 Å². The summed E-state index contributed by atoms with van der Waals surface area (Å²) in [6, 6.07) is 12.1.